The molecule has 0 spiro atoms. The molecule has 0 radical (unpaired) electrons. The summed E-state index contributed by atoms with van der Waals surface area (Å²) < 4.78 is 8.97. The first-order chi connectivity index (χ1) is 18.8. The average molecular weight is 524 g/mol. The Labute approximate surface area is 230 Å². The third-order valence-corrected chi connectivity index (χ3v) is 9.66. The Bertz CT molecular complexity index is 1900. The monoisotopic (exact) mass is 523 g/mol. The lowest BCUT2D eigenvalue weighted by Crippen LogP contribution is -2.40. The van der Waals surface area contributed by atoms with E-state index in [-0.39, 0.29) is 0 Å². The number of nitrogens with zero attached hydrogens (tertiary/aromatic N) is 2. The molecule has 0 amide bonds. The van der Waals surface area contributed by atoms with Crippen LogP contribution in [0, 0.1) is 18.3 Å². The highest BCUT2D eigenvalue weighted by atomic mass is 28.3. The second-order valence-corrected chi connectivity index (χ2v) is 16.3. The van der Waals surface area contributed by atoms with Gasteiger partial charge >= 0.3 is 0 Å². The number of nitriles is 1. The first kappa shape index (κ1) is 24.8. The zero-order valence-corrected chi connectivity index (χ0v) is 24.0. The van der Waals surface area contributed by atoms with Crippen LogP contribution in [0.15, 0.2) is 102 Å². The van der Waals surface area contributed by atoms with E-state index in [1.807, 2.05) is 12.1 Å². The molecular formula is C35H31N2OSi+. The van der Waals surface area contributed by atoms with Gasteiger partial charge in [-0.1, -0.05) is 86.4 Å². The lowest BCUT2D eigenvalue weighted by atomic mass is 9.94. The van der Waals surface area contributed by atoms with E-state index in [4.69, 9.17) is 4.42 Å². The molecule has 0 N–H and O–H groups in total. The molecule has 39 heavy (non-hydrogen) atoms. The summed E-state index contributed by atoms with van der Waals surface area (Å²) >= 11 is 0. The molecule has 0 saturated carbocycles. The highest BCUT2D eigenvalue weighted by Crippen LogP contribution is 2.42. The van der Waals surface area contributed by atoms with Crippen molar-refractivity contribution in [1.82, 2.24) is 0 Å². The largest absolute Gasteiger partial charge is 0.454 e. The molecule has 2 aromatic heterocycles. The van der Waals surface area contributed by atoms with Crippen LogP contribution in [0.4, 0.5) is 0 Å². The lowest BCUT2D eigenvalue weighted by Gasteiger charge is -2.21. The Balaban J connectivity index is 1.70. The van der Waals surface area contributed by atoms with Gasteiger partial charge in [0.15, 0.2) is 6.20 Å². The van der Waals surface area contributed by atoms with E-state index in [0.29, 0.717) is 0 Å². The predicted octanol–water partition coefficient (Wildman–Crippen LogP) is 8.14. The van der Waals surface area contributed by atoms with Crippen molar-refractivity contribution in [3.63, 3.8) is 0 Å². The average Bonchev–Trinajstić information content (AvgIpc) is 3.31. The molecule has 190 valence electrons. The molecular weight excluding hydrogens is 492 g/mol. The molecule has 0 unspecified atom stereocenters. The Hall–Kier alpha value is -4.46. The summed E-state index contributed by atoms with van der Waals surface area (Å²) in [5.74, 6) is 0. The first-order valence-electron chi connectivity index (χ1n) is 13.3. The second-order valence-electron chi connectivity index (χ2n) is 11.3. The van der Waals surface area contributed by atoms with Crippen molar-refractivity contribution in [2.24, 2.45) is 7.05 Å². The zero-order chi connectivity index (χ0) is 27.3. The van der Waals surface area contributed by atoms with E-state index in [9.17, 15) is 5.26 Å². The molecule has 0 saturated heterocycles. The quantitative estimate of drug-likeness (QED) is 0.173. The van der Waals surface area contributed by atoms with Crippen molar-refractivity contribution >= 4 is 35.2 Å². The number of pyridine rings is 1. The minimum atomic E-state index is -1.87. The Morgan fingerprint density at radius 2 is 1.36 bits per heavy atom. The smallest absolute Gasteiger partial charge is 0.216 e. The van der Waals surface area contributed by atoms with Crippen molar-refractivity contribution in [1.29, 1.82) is 5.26 Å². The number of hydrogen-bond donors (Lipinski definition) is 0. The van der Waals surface area contributed by atoms with E-state index in [2.05, 4.69) is 129 Å². The third-order valence-electron chi connectivity index (χ3n) is 7.65. The predicted molar refractivity (Wildman–Crippen MR) is 164 cm³/mol. The maximum absolute atomic E-state index is 10.5. The van der Waals surface area contributed by atoms with Gasteiger partial charge in [0, 0.05) is 28.5 Å². The fourth-order valence-corrected chi connectivity index (χ4v) is 7.12. The fourth-order valence-electron chi connectivity index (χ4n) is 5.62. The summed E-state index contributed by atoms with van der Waals surface area (Å²) in [4.78, 5) is 0. The minimum Gasteiger partial charge on any atom is -0.454 e. The van der Waals surface area contributed by atoms with Crippen LogP contribution in [0.3, 0.4) is 0 Å². The highest BCUT2D eigenvalue weighted by molar-refractivity contribution is 6.89. The van der Waals surface area contributed by atoms with Gasteiger partial charge in [-0.2, -0.15) is 5.26 Å². The molecule has 6 aromatic rings. The van der Waals surface area contributed by atoms with Crippen molar-refractivity contribution < 1.29 is 8.98 Å². The number of furan rings is 1. The third kappa shape index (κ3) is 4.16. The van der Waals surface area contributed by atoms with Crippen molar-refractivity contribution in [3.8, 4) is 39.6 Å². The van der Waals surface area contributed by atoms with Crippen LogP contribution >= 0.6 is 0 Å². The van der Waals surface area contributed by atoms with Gasteiger partial charge in [0.1, 0.15) is 18.2 Å². The van der Waals surface area contributed by atoms with E-state index >= 15 is 0 Å². The topological polar surface area (TPSA) is 40.8 Å². The van der Waals surface area contributed by atoms with Gasteiger partial charge in [0.2, 0.25) is 5.69 Å². The highest BCUT2D eigenvalue weighted by Gasteiger charge is 2.29. The molecule has 0 aliphatic rings. The molecule has 0 atom stereocenters. The van der Waals surface area contributed by atoms with Crippen LogP contribution in [-0.4, -0.2) is 8.07 Å². The van der Waals surface area contributed by atoms with Gasteiger partial charge in [0.05, 0.1) is 25.3 Å². The standard InChI is InChI=1S/C35H31N2OSi/c1-23-14-19-27-28-21-31(39(3,4)5)29(22-36)33(26-17-15-25(16-18-26)24-11-7-6-8-12-24)35(28)38-34(27)32(23)30-13-9-10-20-37(30)2/h6-21H,1-5H3/q+1. The Morgan fingerprint density at radius 1 is 0.718 bits per heavy atom. The Kier molecular flexibility index (Phi) is 5.97. The zero-order valence-electron chi connectivity index (χ0n) is 23.0. The van der Waals surface area contributed by atoms with Gasteiger partial charge < -0.3 is 4.42 Å². The molecule has 4 aromatic carbocycles. The summed E-state index contributed by atoms with van der Waals surface area (Å²) in [6, 6.07) is 34.3. The number of benzene rings is 4. The fraction of sp³-hybridized carbons (Fsp3) is 0.143. The van der Waals surface area contributed by atoms with Gasteiger partial charge in [-0.15, -0.1) is 0 Å². The maximum atomic E-state index is 10.5. The van der Waals surface area contributed by atoms with Crippen LogP contribution in [0.5, 0.6) is 0 Å². The molecule has 2 heterocycles. The minimum absolute atomic E-state index is 0.733. The van der Waals surface area contributed by atoms with Gasteiger partial charge in [0.25, 0.3) is 0 Å². The number of fused-ring (bicyclic) bond motifs is 3. The van der Waals surface area contributed by atoms with Crippen molar-refractivity contribution in [2.45, 2.75) is 26.6 Å². The molecule has 3 nitrogen and oxygen atoms in total. The number of aryl methyl sites for hydroxylation is 2. The van der Waals surface area contributed by atoms with Crippen molar-refractivity contribution in [2.75, 3.05) is 0 Å². The summed E-state index contributed by atoms with van der Waals surface area (Å²) in [6.07, 6.45) is 2.06. The van der Waals surface area contributed by atoms with E-state index in [1.54, 1.807) is 0 Å². The van der Waals surface area contributed by atoms with Crippen LogP contribution in [0.2, 0.25) is 19.6 Å². The van der Waals surface area contributed by atoms with Crippen LogP contribution < -0.4 is 9.75 Å². The molecule has 0 fully saturated rings. The summed E-state index contributed by atoms with van der Waals surface area (Å²) in [5.41, 5.74) is 9.93. The summed E-state index contributed by atoms with van der Waals surface area (Å²) in [6.45, 7) is 9.05. The van der Waals surface area contributed by atoms with E-state index < -0.39 is 8.07 Å². The molecule has 6 rings (SSSR count). The van der Waals surface area contributed by atoms with Gasteiger partial charge in [-0.05, 0) is 46.5 Å². The SMILES string of the molecule is Cc1ccc2c(oc3c(-c4ccc(-c5ccccc5)cc4)c(C#N)c([Si](C)(C)C)cc32)c1-c1cccc[n+]1C. The lowest BCUT2D eigenvalue weighted by molar-refractivity contribution is -0.660. The van der Waals surface area contributed by atoms with Crippen LogP contribution in [-0.2, 0) is 7.05 Å². The number of hydrogen-bond acceptors (Lipinski definition) is 2. The first-order valence-corrected chi connectivity index (χ1v) is 16.8. The van der Waals surface area contributed by atoms with E-state index in [1.165, 1.54) is 5.56 Å². The van der Waals surface area contributed by atoms with Gasteiger partial charge in [-0.3, -0.25) is 0 Å². The summed E-state index contributed by atoms with van der Waals surface area (Å²) in [5, 5.41) is 13.8. The van der Waals surface area contributed by atoms with Crippen LogP contribution in [0.1, 0.15) is 11.1 Å². The number of aromatic nitrogens is 1. The Morgan fingerprint density at radius 3 is 2.03 bits per heavy atom. The molecule has 4 heteroatoms. The molecule has 0 aliphatic carbocycles. The second kappa shape index (κ2) is 9.38. The maximum Gasteiger partial charge on any atom is 0.216 e. The molecule has 0 aliphatic heterocycles. The molecule has 0 bridgehead atoms. The van der Waals surface area contributed by atoms with E-state index in [0.717, 1.165) is 66.2 Å². The summed E-state index contributed by atoms with van der Waals surface area (Å²) in [7, 11) is 0.192. The number of rotatable bonds is 4. The van der Waals surface area contributed by atoms with Gasteiger partial charge in [-0.25, -0.2) is 4.57 Å². The normalized spacial score (nSPS) is 11.7. The van der Waals surface area contributed by atoms with Crippen molar-refractivity contribution in [3.05, 3.63) is 108 Å². The van der Waals surface area contributed by atoms with Crippen LogP contribution in [0.25, 0.3) is 55.4 Å².